The zero-order chi connectivity index (χ0) is 19.4. The average Bonchev–Trinajstić information content (AvgIpc) is 2.64. The van der Waals surface area contributed by atoms with E-state index >= 15 is 0 Å². The van der Waals surface area contributed by atoms with Gasteiger partial charge < -0.3 is 20.1 Å². The molecule has 1 aliphatic heterocycles. The number of hydrogen-bond donors (Lipinski definition) is 2. The maximum Gasteiger partial charge on any atom is 0.407 e. The van der Waals surface area contributed by atoms with Crippen LogP contribution in [0, 0.1) is 0 Å². The number of carbonyl (C=O) groups is 1. The first-order valence-corrected chi connectivity index (χ1v) is 9.33. The summed E-state index contributed by atoms with van der Waals surface area (Å²) in [6, 6.07) is 12.5. The Balaban J connectivity index is 1.74. The molecule has 0 bridgehead atoms. The van der Waals surface area contributed by atoms with Crippen molar-refractivity contribution < 1.29 is 14.3 Å². The molecule has 0 spiro atoms. The third-order valence-corrected chi connectivity index (χ3v) is 4.56. The molecule has 0 saturated heterocycles. The normalized spacial score (nSPS) is 13.6. The van der Waals surface area contributed by atoms with Crippen LogP contribution in [0.5, 0.6) is 5.75 Å². The first-order chi connectivity index (χ1) is 12.9. The summed E-state index contributed by atoms with van der Waals surface area (Å²) in [5, 5.41) is 6.21. The smallest absolute Gasteiger partial charge is 0.407 e. The SMILES string of the molecule is COc1ccc(-c2ccc(CNC(=O)OC(C)(C)C)cc2)c2c1CNCC2. The Hall–Kier alpha value is -2.53. The Labute approximate surface area is 161 Å². The molecular formula is C22H28N2O3. The van der Waals surface area contributed by atoms with E-state index in [9.17, 15) is 4.79 Å². The lowest BCUT2D eigenvalue weighted by atomic mass is 9.90. The first-order valence-electron chi connectivity index (χ1n) is 9.33. The summed E-state index contributed by atoms with van der Waals surface area (Å²) in [5.41, 5.74) is 5.57. The van der Waals surface area contributed by atoms with Gasteiger partial charge >= 0.3 is 6.09 Å². The fourth-order valence-electron chi connectivity index (χ4n) is 3.33. The van der Waals surface area contributed by atoms with E-state index < -0.39 is 11.7 Å². The molecule has 0 radical (unpaired) electrons. The molecule has 2 N–H and O–H groups in total. The molecule has 0 unspecified atom stereocenters. The van der Waals surface area contributed by atoms with Crippen LogP contribution in [-0.4, -0.2) is 25.3 Å². The van der Waals surface area contributed by atoms with E-state index in [0.29, 0.717) is 6.54 Å². The van der Waals surface area contributed by atoms with Gasteiger partial charge in [0, 0.05) is 18.7 Å². The number of benzene rings is 2. The molecule has 0 aromatic heterocycles. The third kappa shape index (κ3) is 4.80. The Morgan fingerprint density at radius 1 is 1.11 bits per heavy atom. The Morgan fingerprint density at radius 3 is 2.52 bits per heavy atom. The second kappa shape index (κ2) is 8.01. The monoisotopic (exact) mass is 368 g/mol. The number of alkyl carbamates (subject to hydrolysis) is 1. The maximum atomic E-state index is 11.8. The fraction of sp³-hybridized carbons (Fsp3) is 0.409. The van der Waals surface area contributed by atoms with Crippen molar-refractivity contribution in [3.8, 4) is 16.9 Å². The number of fused-ring (bicyclic) bond motifs is 1. The highest BCUT2D eigenvalue weighted by Crippen LogP contribution is 2.34. The zero-order valence-corrected chi connectivity index (χ0v) is 16.5. The van der Waals surface area contributed by atoms with Gasteiger partial charge in [0.2, 0.25) is 0 Å². The standard InChI is InChI=1S/C22H28N2O3/c1-22(2,3)27-21(25)24-13-15-5-7-16(8-6-15)17-9-10-20(26-4)19-14-23-12-11-18(17)19/h5-10,23H,11-14H2,1-4H3,(H,24,25). The van der Waals surface area contributed by atoms with Crippen molar-refractivity contribution in [2.75, 3.05) is 13.7 Å². The molecule has 2 aromatic rings. The topological polar surface area (TPSA) is 59.6 Å². The predicted octanol–water partition coefficient (Wildman–Crippen LogP) is 4.03. The van der Waals surface area contributed by atoms with Crippen molar-refractivity contribution in [1.82, 2.24) is 10.6 Å². The van der Waals surface area contributed by atoms with Crippen LogP contribution in [-0.2, 0) is 24.2 Å². The predicted molar refractivity (Wildman–Crippen MR) is 107 cm³/mol. The van der Waals surface area contributed by atoms with Gasteiger partial charge in [0.25, 0.3) is 0 Å². The number of nitrogens with one attached hydrogen (secondary N) is 2. The molecule has 144 valence electrons. The van der Waals surface area contributed by atoms with Gasteiger partial charge in [-0.3, -0.25) is 0 Å². The van der Waals surface area contributed by atoms with Crippen LogP contribution in [0.4, 0.5) is 4.79 Å². The molecule has 1 heterocycles. The van der Waals surface area contributed by atoms with E-state index in [1.165, 1.54) is 22.3 Å². The molecule has 27 heavy (non-hydrogen) atoms. The summed E-state index contributed by atoms with van der Waals surface area (Å²) in [7, 11) is 1.72. The Morgan fingerprint density at radius 2 is 1.85 bits per heavy atom. The molecule has 3 rings (SSSR count). The summed E-state index contributed by atoms with van der Waals surface area (Å²) >= 11 is 0. The summed E-state index contributed by atoms with van der Waals surface area (Å²) in [6.07, 6.45) is 0.590. The van der Waals surface area contributed by atoms with Crippen molar-refractivity contribution in [3.63, 3.8) is 0 Å². The van der Waals surface area contributed by atoms with Gasteiger partial charge in [-0.05, 0) is 62.1 Å². The molecule has 2 aromatic carbocycles. The van der Waals surface area contributed by atoms with E-state index in [4.69, 9.17) is 9.47 Å². The molecule has 5 heteroatoms. The minimum absolute atomic E-state index is 0.400. The molecule has 0 aliphatic carbocycles. The number of methoxy groups -OCH3 is 1. The second-order valence-electron chi connectivity index (χ2n) is 7.75. The number of ether oxygens (including phenoxy) is 2. The van der Waals surface area contributed by atoms with Gasteiger partial charge in [0.1, 0.15) is 11.4 Å². The van der Waals surface area contributed by atoms with Crippen molar-refractivity contribution in [2.45, 2.75) is 45.9 Å². The lowest BCUT2D eigenvalue weighted by molar-refractivity contribution is 0.0523. The van der Waals surface area contributed by atoms with Crippen LogP contribution in [0.1, 0.15) is 37.5 Å². The van der Waals surface area contributed by atoms with Crippen molar-refractivity contribution >= 4 is 6.09 Å². The van der Waals surface area contributed by atoms with Gasteiger partial charge in [-0.25, -0.2) is 4.79 Å². The van der Waals surface area contributed by atoms with Crippen LogP contribution in [0.2, 0.25) is 0 Å². The lowest BCUT2D eigenvalue weighted by Gasteiger charge is -2.23. The van der Waals surface area contributed by atoms with E-state index in [1.807, 2.05) is 39.0 Å². The average molecular weight is 368 g/mol. The van der Waals surface area contributed by atoms with Crippen LogP contribution in [0.25, 0.3) is 11.1 Å². The Kier molecular flexibility index (Phi) is 5.71. The highest BCUT2D eigenvalue weighted by Gasteiger charge is 2.18. The molecule has 5 nitrogen and oxygen atoms in total. The minimum Gasteiger partial charge on any atom is -0.496 e. The van der Waals surface area contributed by atoms with E-state index in [0.717, 1.165) is 30.8 Å². The molecule has 1 aliphatic rings. The lowest BCUT2D eigenvalue weighted by Crippen LogP contribution is -2.32. The van der Waals surface area contributed by atoms with E-state index in [2.05, 4.69) is 28.8 Å². The van der Waals surface area contributed by atoms with Crippen LogP contribution >= 0.6 is 0 Å². The summed E-state index contributed by atoms with van der Waals surface area (Å²) in [5.74, 6) is 0.944. The van der Waals surface area contributed by atoms with Gasteiger partial charge in [-0.15, -0.1) is 0 Å². The highest BCUT2D eigenvalue weighted by atomic mass is 16.6. The number of carbonyl (C=O) groups excluding carboxylic acids is 1. The molecule has 0 atom stereocenters. The molecule has 0 saturated carbocycles. The van der Waals surface area contributed by atoms with Crippen LogP contribution < -0.4 is 15.4 Å². The van der Waals surface area contributed by atoms with Crippen molar-refractivity contribution in [3.05, 3.63) is 53.1 Å². The van der Waals surface area contributed by atoms with Crippen LogP contribution in [0.3, 0.4) is 0 Å². The second-order valence-corrected chi connectivity index (χ2v) is 7.75. The van der Waals surface area contributed by atoms with E-state index in [-0.39, 0.29) is 0 Å². The number of rotatable bonds is 4. The van der Waals surface area contributed by atoms with Crippen molar-refractivity contribution in [2.24, 2.45) is 0 Å². The number of hydrogen-bond acceptors (Lipinski definition) is 4. The quantitative estimate of drug-likeness (QED) is 0.855. The van der Waals surface area contributed by atoms with Gasteiger partial charge in [0.15, 0.2) is 0 Å². The van der Waals surface area contributed by atoms with E-state index in [1.54, 1.807) is 7.11 Å². The maximum absolute atomic E-state index is 11.8. The zero-order valence-electron chi connectivity index (χ0n) is 16.5. The first kappa shape index (κ1) is 19.2. The number of amides is 1. The van der Waals surface area contributed by atoms with Gasteiger partial charge in [0.05, 0.1) is 7.11 Å². The molecule has 0 fully saturated rings. The molecular weight excluding hydrogens is 340 g/mol. The Bertz CT molecular complexity index is 808. The summed E-state index contributed by atoms with van der Waals surface area (Å²) < 4.78 is 10.8. The van der Waals surface area contributed by atoms with Crippen molar-refractivity contribution in [1.29, 1.82) is 0 Å². The fourth-order valence-corrected chi connectivity index (χ4v) is 3.33. The minimum atomic E-state index is -0.490. The summed E-state index contributed by atoms with van der Waals surface area (Å²) in [4.78, 5) is 11.8. The van der Waals surface area contributed by atoms with Gasteiger partial charge in [-0.2, -0.15) is 0 Å². The highest BCUT2D eigenvalue weighted by molar-refractivity contribution is 5.71. The summed E-state index contributed by atoms with van der Waals surface area (Å²) in [6.45, 7) is 7.82. The third-order valence-electron chi connectivity index (χ3n) is 4.56. The molecule has 1 amide bonds. The van der Waals surface area contributed by atoms with Crippen LogP contribution in [0.15, 0.2) is 36.4 Å². The van der Waals surface area contributed by atoms with Gasteiger partial charge in [-0.1, -0.05) is 30.3 Å². The largest absolute Gasteiger partial charge is 0.496 e.